The Morgan fingerprint density at radius 1 is 1.23 bits per heavy atom. The summed E-state index contributed by atoms with van der Waals surface area (Å²) in [5.74, 6) is -0.991. The Balaban J connectivity index is 1.88. The largest absolute Gasteiger partial charge is 0.480 e. The minimum Gasteiger partial charge on any atom is -0.480 e. The molecule has 0 unspecified atom stereocenters. The maximum Gasteiger partial charge on any atom is 0.329 e. The van der Waals surface area contributed by atoms with Crippen LogP contribution in [0.4, 0.5) is 0 Å². The number of aromatic nitrogens is 1. The average Bonchev–Trinajstić information content (AvgIpc) is 2.64. The summed E-state index contributed by atoms with van der Waals surface area (Å²) in [5.41, 5.74) is 0.502. The number of carbonyl (C=O) groups excluding carboxylic acids is 1. The zero-order chi connectivity index (χ0) is 18.7. The van der Waals surface area contributed by atoms with Crippen molar-refractivity contribution in [3.63, 3.8) is 0 Å². The molecular formula is C20H21ClN2O3. The molecule has 0 aliphatic heterocycles. The van der Waals surface area contributed by atoms with Gasteiger partial charge in [-0.3, -0.25) is 9.78 Å². The van der Waals surface area contributed by atoms with Gasteiger partial charge in [0.2, 0.25) is 0 Å². The lowest BCUT2D eigenvalue weighted by Gasteiger charge is -2.36. The van der Waals surface area contributed by atoms with Gasteiger partial charge >= 0.3 is 5.97 Å². The number of carboxylic acid groups (broad SMARTS) is 1. The highest BCUT2D eigenvalue weighted by atomic mass is 35.5. The molecule has 2 N–H and O–H groups in total. The highest BCUT2D eigenvalue weighted by Gasteiger charge is 2.42. The van der Waals surface area contributed by atoms with Gasteiger partial charge in [0, 0.05) is 11.8 Å². The zero-order valence-electron chi connectivity index (χ0n) is 14.5. The summed E-state index contributed by atoms with van der Waals surface area (Å²) >= 11 is 6.22. The summed E-state index contributed by atoms with van der Waals surface area (Å²) in [6.45, 7) is 2.10. The molecule has 1 fully saturated rings. The number of benzene rings is 1. The predicted molar refractivity (Wildman–Crippen MR) is 100 cm³/mol. The Bertz CT molecular complexity index is 815. The molecule has 1 aromatic heterocycles. The maximum atomic E-state index is 12.8. The number of nitrogens with one attached hydrogen (secondary N) is 1. The van der Waals surface area contributed by atoms with E-state index in [2.05, 4.69) is 17.2 Å². The van der Waals surface area contributed by atoms with Crippen molar-refractivity contribution in [1.29, 1.82) is 0 Å². The average molecular weight is 373 g/mol. The third-order valence-corrected chi connectivity index (χ3v) is 5.39. The van der Waals surface area contributed by atoms with Crippen LogP contribution in [0.25, 0.3) is 11.3 Å². The molecule has 136 valence electrons. The lowest BCUT2D eigenvalue weighted by molar-refractivity contribution is -0.146. The van der Waals surface area contributed by atoms with Crippen LogP contribution in [0.5, 0.6) is 0 Å². The fourth-order valence-corrected chi connectivity index (χ4v) is 3.53. The van der Waals surface area contributed by atoms with Gasteiger partial charge in [-0.1, -0.05) is 30.7 Å². The lowest BCUT2D eigenvalue weighted by atomic mass is 9.77. The summed E-state index contributed by atoms with van der Waals surface area (Å²) in [6, 6.07) is 10.6. The summed E-state index contributed by atoms with van der Waals surface area (Å²) in [5, 5.41) is 12.7. The Hall–Kier alpha value is -2.40. The molecular weight excluding hydrogens is 352 g/mol. The van der Waals surface area contributed by atoms with E-state index in [4.69, 9.17) is 11.6 Å². The van der Waals surface area contributed by atoms with E-state index in [1.807, 2.05) is 18.2 Å². The van der Waals surface area contributed by atoms with Crippen molar-refractivity contribution in [3.05, 3.63) is 53.2 Å². The van der Waals surface area contributed by atoms with Crippen LogP contribution in [0.3, 0.4) is 0 Å². The fourth-order valence-electron chi connectivity index (χ4n) is 3.32. The highest BCUT2D eigenvalue weighted by Crippen LogP contribution is 2.33. The normalized spacial score (nSPS) is 22.6. The summed E-state index contributed by atoms with van der Waals surface area (Å²) in [7, 11) is 0. The van der Waals surface area contributed by atoms with E-state index in [9.17, 15) is 14.7 Å². The highest BCUT2D eigenvalue weighted by molar-refractivity contribution is 6.34. The van der Waals surface area contributed by atoms with Crippen molar-refractivity contribution < 1.29 is 14.7 Å². The van der Waals surface area contributed by atoms with Gasteiger partial charge in [-0.15, -0.1) is 0 Å². The van der Waals surface area contributed by atoms with E-state index >= 15 is 0 Å². The molecule has 1 aromatic carbocycles. The second kappa shape index (κ2) is 7.46. The monoisotopic (exact) mass is 372 g/mol. The molecule has 0 radical (unpaired) electrons. The van der Waals surface area contributed by atoms with Gasteiger partial charge in [0.25, 0.3) is 5.91 Å². The number of aliphatic carboxylic acids is 1. The van der Waals surface area contributed by atoms with Crippen LogP contribution in [0.1, 0.15) is 43.0 Å². The van der Waals surface area contributed by atoms with E-state index in [1.54, 1.807) is 24.4 Å². The van der Waals surface area contributed by atoms with Gasteiger partial charge in [0.05, 0.1) is 16.3 Å². The first-order valence-electron chi connectivity index (χ1n) is 8.68. The molecule has 26 heavy (non-hydrogen) atoms. The van der Waals surface area contributed by atoms with Crippen LogP contribution in [-0.4, -0.2) is 27.5 Å². The van der Waals surface area contributed by atoms with Crippen LogP contribution in [0, 0.1) is 5.92 Å². The van der Waals surface area contributed by atoms with Crippen molar-refractivity contribution >= 4 is 23.5 Å². The second-order valence-electron chi connectivity index (χ2n) is 6.93. The van der Waals surface area contributed by atoms with Crippen LogP contribution < -0.4 is 5.32 Å². The minimum atomic E-state index is -1.23. The number of pyridine rings is 1. The third kappa shape index (κ3) is 3.73. The minimum absolute atomic E-state index is 0.258. The van der Waals surface area contributed by atoms with Gasteiger partial charge in [-0.25, -0.2) is 4.79 Å². The van der Waals surface area contributed by atoms with Crippen molar-refractivity contribution in [2.75, 3.05) is 0 Å². The smallest absolute Gasteiger partial charge is 0.329 e. The number of carbonyl (C=O) groups is 2. The molecule has 3 rings (SSSR count). The number of hydrogen-bond acceptors (Lipinski definition) is 3. The van der Waals surface area contributed by atoms with Gasteiger partial charge in [-0.05, 0) is 55.9 Å². The van der Waals surface area contributed by atoms with E-state index in [-0.39, 0.29) is 10.6 Å². The van der Waals surface area contributed by atoms with Crippen LogP contribution in [0.2, 0.25) is 5.02 Å². The molecule has 0 atom stereocenters. The van der Waals surface area contributed by atoms with E-state index in [0.717, 1.165) is 24.1 Å². The molecule has 1 aliphatic rings. The number of amides is 1. The van der Waals surface area contributed by atoms with Crippen molar-refractivity contribution in [2.45, 2.75) is 38.1 Å². The number of carboxylic acids is 1. The van der Waals surface area contributed by atoms with Gasteiger partial charge in [0.1, 0.15) is 5.54 Å². The molecule has 6 heteroatoms. The number of hydrogen-bond donors (Lipinski definition) is 2. The molecule has 1 amide bonds. The van der Waals surface area contributed by atoms with Crippen LogP contribution in [-0.2, 0) is 4.79 Å². The number of halogens is 1. The molecule has 0 saturated heterocycles. The lowest BCUT2D eigenvalue weighted by Crippen LogP contribution is -2.56. The first-order chi connectivity index (χ1) is 12.4. The van der Waals surface area contributed by atoms with E-state index in [0.29, 0.717) is 18.8 Å². The standard InChI is InChI=1S/C20H21ClN2O3/c1-13-7-9-20(10-8-13,19(25)26)23-18(24)15-12-14(5-6-16(15)21)17-4-2-3-11-22-17/h2-6,11-13H,7-10H2,1H3,(H,23,24)(H,25,26). The second-order valence-corrected chi connectivity index (χ2v) is 7.34. The van der Waals surface area contributed by atoms with Gasteiger partial charge in [0.15, 0.2) is 0 Å². The molecule has 1 saturated carbocycles. The fraction of sp³-hybridized carbons (Fsp3) is 0.350. The Morgan fingerprint density at radius 2 is 1.96 bits per heavy atom. The van der Waals surface area contributed by atoms with Crippen LogP contribution >= 0.6 is 11.6 Å². The number of nitrogens with zero attached hydrogens (tertiary/aromatic N) is 1. The Morgan fingerprint density at radius 3 is 2.58 bits per heavy atom. The summed E-state index contributed by atoms with van der Waals surface area (Å²) in [6.07, 6.45) is 4.06. The van der Waals surface area contributed by atoms with E-state index < -0.39 is 17.4 Å². The molecule has 1 aliphatic carbocycles. The molecule has 0 bridgehead atoms. The third-order valence-electron chi connectivity index (χ3n) is 5.06. The molecule has 1 heterocycles. The van der Waals surface area contributed by atoms with Crippen molar-refractivity contribution in [2.24, 2.45) is 5.92 Å². The quantitative estimate of drug-likeness (QED) is 0.844. The van der Waals surface area contributed by atoms with Crippen molar-refractivity contribution in [1.82, 2.24) is 10.3 Å². The van der Waals surface area contributed by atoms with Crippen molar-refractivity contribution in [3.8, 4) is 11.3 Å². The zero-order valence-corrected chi connectivity index (χ0v) is 15.3. The van der Waals surface area contributed by atoms with Gasteiger partial charge in [-0.2, -0.15) is 0 Å². The molecule has 5 nitrogen and oxygen atoms in total. The SMILES string of the molecule is CC1CCC(NC(=O)c2cc(-c3ccccn3)ccc2Cl)(C(=O)O)CC1. The predicted octanol–water partition coefficient (Wildman–Crippen LogP) is 4.17. The summed E-state index contributed by atoms with van der Waals surface area (Å²) in [4.78, 5) is 29.0. The first-order valence-corrected chi connectivity index (χ1v) is 9.06. The molecule has 0 spiro atoms. The van der Waals surface area contributed by atoms with Gasteiger partial charge < -0.3 is 10.4 Å². The molecule has 2 aromatic rings. The van der Waals surface area contributed by atoms with E-state index in [1.165, 1.54) is 0 Å². The Kier molecular flexibility index (Phi) is 5.28. The summed E-state index contributed by atoms with van der Waals surface area (Å²) < 4.78 is 0. The topological polar surface area (TPSA) is 79.3 Å². The first kappa shape index (κ1) is 18.4. The Labute approximate surface area is 157 Å². The maximum absolute atomic E-state index is 12.8. The van der Waals surface area contributed by atoms with Crippen LogP contribution in [0.15, 0.2) is 42.6 Å². The number of rotatable bonds is 4.